The van der Waals surface area contributed by atoms with Gasteiger partial charge in [0.15, 0.2) is 0 Å². The maximum atomic E-state index is 11.4. The van der Waals surface area contributed by atoms with Crippen LogP contribution in [0.3, 0.4) is 0 Å². The minimum absolute atomic E-state index is 0.286. The number of carbonyl (C=O) groups excluding carboxylic acids is 2. The van der Waals surface area contributed by atoms with E-state index in [1.54, 1.807) is 0 Å². The molecule has 2 rings (SSSR count). The number of rotatable bonds is 3. The highest BCUT2D eigenvalue weighted by Gasteiger charge is 2.23. The van der Waals surface area contributed by atoms with E-state index in [1.807, 2.05) is 6.07 Å². The number of amides is 3. The average molecular weight is 250 g/mol. The zero-order valence-electron chi connectivity index (χ0n) is 10.4. The van der Waals surface area contributed by atoms with Gasteiger partial charge in [0.25, 0.3) is 0 Å². The molecule has 0 aromatic carbocycles. The molecule has 6 nitrogen and oxygen atoms in total. The lowest BCUT2D eigenvalue weighted by Gasteiger charge is -2.34. The Hall–Kier alpha value is -1.82. The summed E-state index contributed by atoms with van der Waals surface area (Å²) in [6, 6.07) is 3.63. The van der Waals surface area contributed by atoms with Gasteiger partial charge in [-0.1, -0.05) is 0 Å². The molecular formula is C12H18N4O2. The van der Waals surface area contributed by atoms with E-state index in [4.69, 9.17) is 5.73 Å². The fourth-order valence-electron chi connectivity index (χ4n) is 2.38. The highest BCUT2D eigenvalue weighted by atomic mass is 16.2. The number of carbonyl (C=O) groups is 2. The van der Waals surface area contributed by atoms with E-state index in [0.29, 0.717) is 6.54 Å². The van der Waals surface area contributed by atoms with Crippen molar-refractivity contribution in [3.8, 4) is 0 Å². The van der Waals surface area contributed by atoms with Crippen molar-refractivity contribution in [2.45, 2.75) is 25.9 Å². The third-order valence-corrected chi connectivity index (χ3v) is 3.36. The summed E-state index contributed by atoms with van der Waals surface area (Å²) in [6.45, 7) is 4.60. The highest BCUT2D eigenvalue weighted by molar-refractivity contribution is 5.93. The molecule has 2 heterocycles. The highest BCUT2D eigenvalue weighted by Crippen LogP contribution is 2.24. The van der Waals surface area contributed by atoms with Crippen LogP contribution in [-0.4, -0.2) is 34.5 Å². The van der Waals surface area contributed by atoms with Gasteiger partial charge in [0, 0.05) is 44.0 Å². The van der Waals surface area contributed by atoms with E-state index in [1.165, 1.54) is 5.69 Å². The van der Waals surface area contributed by atoms with Gasteiger partial charge >= 0.3 is 6.03 Å². The lowest BCUT2D eigenvalue weighted by molar-refractivity contribution is -0.120. The van der Waals surface area contributed by atoms with E-state index in [-0.39, 0.29) is 18.4 Å². The van der Waals surface area contributed by atoms with Gasteiger partial charge < -0.3 is 10.3 Å². The molecule has 3 amide bonds. The van der Waals surface area contributed by atoms with Crippen molar-refractivity contribution in [3.63, 3.8) is 0 Å². The Kier molecular flexibility index (Phi) is 3.66. The van der Waals surface area contributed by atoms with Gasteiger partial charge in [0.2, 0.25) is 5.91 Å². The summed E-state index contributed by atoms with van der Waals surface area (Å²) in [4.78, 5) is 24.1. The Morgan fingerprint density at radius 3 is 3.00 bits per heavy atom. The van der Waals surface area contributed by atoms with Crippen LogP contribution in [0.25, 0.3) is 0 Å². The van der Waals surface area contributed by atoms with Crippen molar-refractivity contribution in [1.82, 2.24) is 14.8 Å². The Balaban J connectivity index is 1.88. The number of aromatic nitrogens is 1. The van der Waals surface area contributed by atoms with Crippen LogP contribution in [0.15, 0.2) is 18.3 Å². The SMILES string of the molecule is CC1c2cccn2CCN1CCC(=O)NC(N)=O. The fourth-order valence-corrected chi connectivity index (χ4v) is 2.38. The van der Waals surface area contributed by atoms with Crippen LogP contribution in [0, 0.1) is 0 Å². The van der Waals surface area contributed by atoms with Gasteiger partial charge in [-0.25, -0.2) is 4.79 Å². The molecule has 1 unspecified atom stereocenters. The van der Waals surface area contributed by atoms with Crippen LogP contribution in [0.5, 0.6) is 0 Å². The molecule has 0 radical (unpaired) electrons. The van der Waals surface area contributed by atoms with Gasteiger partial charge in [0.05, 0.1) is 0 Å². The summed E-state index contributed by atoms with van der Waals surface area (Å²) in [6.07, 6.45) is 2.36. The van der Waals surface area contributed by atoms with Crippen LogP contribution in [0.1, 0.15) is 25.1 Å². The van der Waals surface area contributed by atoms with Crippen LogP contribution >= 0.6 is 0 Å². The zero-order valence-corrected chi connectivity index (χ0v) is 10.4. The summed E-state index contributed by atoms with van der Waals surface area (Å²) in [5.41, 5.74) is 6.15. The smallest absolute Gasteiger partial charge is 0.318 e. The van der Waals surface area contributed by atoms with E-state index < -0.39 is 6.03 Å². The first-order valence-electron chi connectivity index (χ1n) is 6.06. The minimum Gasteiger partial charge on any atom is -0.351 e. The molecule has 18 heavy (non-hydrogen) atoms. The number of nitrogens with two attached hydrogens (primary N) is 1. The van der Waals surface area contributed by atoms with Gasteiger partial charge in [-0.05, 0) is 19.1 Å². The van der Waals surface area contributed by atoms with E-state index in [0.717, 1.165) is 13.1 Å². The van der Waals surface area contributed by atoms with Crippen molar-refractivity contribution < 1.29 is 9.59 Å². The van der Waals surface area contributed by atoms with Crippen LogP contribution in [0.2, 0.25) is 0 Å². The largest absolute Gasteiger partial charge is 0.351 e. The molecule has 1 aliphatic heterocycles. The second-order valence-electron chi connectivity index (χ2n) is 4.50. The molecule has 0 spiro atoms. The summed E-state index contributed by atoms with van der Waals surface area (Å²) in [5, 5.41) is 2.08. The molecular weight excluding hydrogens is 232 g/mol. The summed E-state index contributed by atoms with van der Waals surface area (Å²) >= 11 is 0. The van der Waals surface area contributed by atoms with Crippen molar-refractivity contribution in [2.75, 3.05) is 13.1 Å². The van der Waals surface area contributed by atoms with E-state index in [9.17, 15) is 9.59 Å². The van der Waals surface area contributed by atoms with Gasteiger partial charge in [-0.3, -0.25) is 15.0 Å². The Morgan fingerprint density at radius 2 is 2.28 bits per heavy atom. The molecule has 98 valence electrons. The Labute approximate surface area is 106 Å². The molecule has 0 bridgehead atoms. The Bertz CT molecular complexity index is 455. The van der Waals surface area contributed by atoms with Crippen molar-refractivity contribution >= 4 is 11.9 Å². The molecule has 0 saturated carbocycles. The molecule has 6 heteroatoms. The van der Waals surface area contributed by atoms with Crippen LogP contribution in [-0.2, 0) is 11.3 Å². The molecule has 1 atom stereocenters. The fraction of sp³-hybridized carbons (Fsp3) is 0.500. The first kappa shape index (κ1) is 12.6. The number of primary amides is 1. The van der Waals surface area contributed by atoms with Crippen molar-refractivity contribution in [2.24, 2.45) is 5.73 Å². The standard InChI is InChI=1S/C12H18N4O2/c1-9-10-3-2-5-16(10)8-7-15(9)6-4-11(17)14-12(13)18/h2-3,5,9H,4,6-8H2,1H3,(H3,13,14,17,18). The van der Waals surface area contributed by atoms with Crippen LogP contribution in [0.4, 0.5) is 4.79 Å². The lowest BCUT2D eigenvalue weighted by Crippen LogP contribution is -2.40. The minimum atomic E-state index is -0.791. The predicted octanol–water partition coefficient (Wildman–Crippen LogP) is 0.450. The van der Waals surface area contributed by atoms with E-state index >= 15 is 0 Å². The third-order valence-electron chi connectivity index (χ3n) is 3.36. The molecule has 1 aliphatic rings. The average Bonchev–Trinajstić information content (AvgIpc) is 2.76. The number of nitrogens with one attached hydrogen (secondary N) is 1. The number of imide groups is 1. The molecule has 1 aromatic heterocycles. The van der Waals surface area contributed by atoms with Gasteiger partial charge in [-0.2, -0.15) is 0 Å². The Morgan fingerprint density at radius 1 is 1.50 bits per heavy atom. The monoisotopic (exact) mass is 250 g/mol. The summed E-state index contributed by atoms with van der Waals surface area (Å²) in [7, 11) is 0. The number of nitrogens with zero attached hydrogens (tertiary/aromatic N) is 2. The third kappa shape index (κ3) is 2.70. The maximum absolute atomic E-state index is 11.4. The second kappa shape index (κ2) is 5.22. The lowest BCUT2D eigenvalue weighted by atomic mass is 10.1. The normalized spacial score (nSPS) is 19.3. The molecule has 1 aromatic rings. The number of urea groups is 1. The summed E-state index contributed by atoms with van der Waals surface area (Å²) < 4.78 is 2.23. The van der Waals surface area contributed by atoms with Crippen molar-refractivity contribution in [3.05, 3.63) is 24.0 Å². The first-order valence-corrected chi connectivity index (χ1v) is 6.06. The number of fused-ring (bicyclic) bond motifs is 1. The zero-order chi connectivity index (χ0) is 13.1. The maximum Gasteiger partial charge on any atom is 0.318 e. The van der Waals surface area contributed by atoms with Gasteiger partial charge in [-0.15, -0.1) is 0 Å². The molecule has 0 aliphatic carbocycles. The quantitative estimate of drug-likeness (QED) is 0.817. The first-order chi connectivity index (χ1) is 8.58. The molecule has 0 fully saturated rings. The second-order valence-corrected chi connectivity index (χ2v) is 4.50. The van der Waals surface area contributed by atoms with E-state index in [2.05, 4.69) is 34.0 Å². The van der Waals surface area contributed by atoms with Gasteiger partial charge in [0.1, 0.15) is 0 Å². The summed E-state index contributed by atoms with van der Waals surface area (Å²) in [5.74, 6) is -0.323. The topological polar surface area (TPSA) is 80.4 Å². The molecule has 3 N–H and O–H groups in total. The van der Waals surface area contributed by atoms with Crippen LogP contribution < -0.4 is 11.1 Å². The van der Waals surface area contributed by atoms with Crippen molar-refractivity contribution in [1.29, 1.82) is 0 Å². The number of hydrogen-bond donors (Lipinski definition) is 2. The number of hydrogen-bond acceptors (Lipinski definition) is 3. The predicted molar refractivity (Wildman–Crippen MR) is 66.8 cm³/mol. The molecule has 0 saturated heterocycles.